The van der Waals surface area contributed by atoms with Gasteiger partial charge in [-0.1, -0.05) is 36.4 Å². The Morgan fingerprint density at radius 2 is 1.79 bits per heavy atom. The number of carboxylic acids is 1. The largest absolute Gasteiger partial charge is 0.490 e. The summed E-state index contributed by atoms with van der Waals surface area (Å²) in [6.07, 6.45) is -4.22. The fourth-order valence-electron chi connectivity index (χ4n) is 3.21. The number of fused-ring (bicyclic) bond motifs is 1. The second kappa shape index (κ2) is 9.86. The van der Waals surface area contributed by atoms with Gasteiger partial charge in [-0.3, -0.25) is 4.90 Å². The molecular formula is C20H25F3N2O3. The lowest BCUT2D eigenvalue weighted by Gasteiger charge is -2.39. The van der Waals surface area contributed by atoms with E-state index in [1.165, 1.54) is 16.3 Å². The molecule has 0 saturated carbocycles. The number of nitrogens with zero attached hydrogens (tertiary/aromatic N) is 2. The zero-order valence-corrected chi connectivity index (χ0v) is 15.7. The van der Waals surface area contributed by atoms with Gasteiger partial charge in [0.2, 0.25) is 0 Å². The third kappa shape index (κ3) is 6.47. The minimum atomic E-state index is -5.08. The molecular weight excluding hydrogens is 373 g/mol. The molecule has 2 aromatic rings. The molecule has 2 aromatic carbocycles. The van der Waals surface area contributed by atoms with Gasteiger partial charge in [-0.25, -0.2) is 4.79 Å². The number of aliphatic hydroxyl groups is 1. The monoisotopic (exact) mass is 398 g/mol. The topological polar surface area (TPSA) is 64.0 Å². The minimum Gasteiger partial charge on any atom is -0.475 e. The van der Waals surface area contributed by atoms with Crippen molar-refractivity contribution >= 4 is 16.7 Å². The van der Waals surface area contributed by atoms with E-state index in [4.69, 9.17) is 9.90 Å². The second-order valence-corrected chi connectivity index (χ2v) is 6.87. The maximum Gasteiger partial charge on any atom is 0.490 e. The van der Waals surface area contributed by atoms with Crippen molar-refractivity contribution in [2.75, 3.05) is 33.3 Å². The molecule has 1 aliphatic heterocycles. The summed E-state index contributed by atoms with van der Waals surface area (Å²) in [6, 6.07) is 15.7. The summed E-state index contributed by atoms with van der Waals surface area (Å²) >= 11 is 0. The van der Waals surface area contributed by atoms with Crippen LogP contribution in [0.5, 0.6) is 0 Å². The Morgan fingerprint density at radius 3 is 2.39 bits per heavy atom. The number of benzene rings is 2. The number of carbonyl (C=O) groups is 1. The van der Waals surface area contributed by atoms with Crippen LogP contribution in [0, 0.1) is 0 Å². The van der Waals surface area contributed by atoms with Crippen molar-refractivity contribution in [1.82, 2.24) is 9.80 Å². The maximum atomic E-state index is 10.6. The highest BCUT2D eigenvalue weighted by molar-refractivity contribution is 5.82. The van der Waals surface area contributed by atoms with Crippen LogP contribution < -0.4 is 0 Å². The molecule has 0 bridgehead atoms. The molecule has 0 aliphatic carbocycles. The van der Waals surface area contributed by atoms with Crippen LogP contribution in [-0.4, -0.2) is 71.5 Å². The molecule has 2 N–H and O–H groups in total. The molecule has 1 saturated heterocycles. The van der Waals surface area contributed by atoms with Gasteiger partial charge in [-0.2, -0.15) is 13.2 Å². The molecule has 0 spiro atoms. The summed E-state index contributed by atoms with van der Waals surface area (Å²) in [7, 11) is 2.16. The van der Waals surface area contributed by atoms with Gasteiger partial charge in [0.1, 0.15) is 0 Å². The number of alkyl halides is 3. The average molecular weight is 398 g/mol. The van der Waals surface area contributed by atoms with Crippen molar-refractivity contribution in [3.05, 3.63) is 48.0 Å². The molecule has 0 radical (unpaired) electrons. The SMILES string of the molecule is CN1CCN(Cc2ccc3ccccc3c2)CC1CCO.O=C(O)C(F)(F)F. The van der Waals surface area contributed by atoms with E-state index in [2.05, 4.69) is 59.3 Å². The smallest absolute Gasteiger partial charge is 0.475 e. The Kier molecular flexibility index (Phi) is 7.79. The number of likely N-dealkylation sites (N-methyl/N-ethyl adjacent to an activating group) is 1. The van der Waals surface area contributed by atoms with Crippen LogP contribution in [0.3, 0.4) is 0 Å². The first-order valence-electron chi connectivity index (χ1n) is 9.02. The van der Waals surface area contributed by atoms with E-state index >= 15 is 0 Å². The van der Waals surface area contributed by atoms with E-state index in [1.54, 1.807) is 0 Å². The highest BCUT2D eigenvalue weighted by Gasteiger charge is 2.38. The van der Waals surface area contributed by atoms with Crippen molar-refractivity contribution < 1.29 is 28.2 Å². The lowest BCUT2D eigenvalue weighted by atomic mass is 10.1. The van der Waals surface area contributed by atoms with Crippen molar-refractivity contribution in [2.24, 2.45) is 0 Å². The van der Waals surface area contributed by atoms with Crippen molar-refractivity contribution in [3.63, 3.8) is 0 Å². The highest BCUT2D eigenvalue weighted by Crippen LogP contribution is 2.19. The Labute approximate surface area is 162 Å². The molecule has 154 valence electrons. The first-order chi connectivity index (χ1) is 13.2. The summed E-state index contributed by atoms with van der Waals surface area (Å²) in [5.41, 5.74) is 1.38. The fraction of sp³-hybridized carbons (Fsp3) is 0.450. The predicted molar refractivity (Wildman–Crippen MR) is 101 cm³/mol. The number of rotatable bonds is 4. The zero-order valence-electron chi connectivity index (χ0n) is 15.7. The Morgan fingerprint density at radius 1 is 1.14 bits per heavy atom. The first-order valence-corrected chi connectivity index (χ1v) is 9.02. The van der Waals surface area contributed by atoms with E-state index in [-0.39, 0.29) is 6.61 Å². The maximum absolute atomic E-state index is 10.6. The van der Waals surface area contributed by atoms with Gasteiger partial charge < -0.3 is 15.1 Å². The van der Waals surface area contributed by atoms with Gasteiger partial charge in [0.05, 0.1) is 0 Å². The van der Waals surface area contributed by atoms with Crippen LogP contribution in [0.4, 0.5) is 13.2 Å². The van der Waals surface area contributed by atoms with E-state index < -0.39 is 12.1 Å². The third-order valence-electron chi connectivity index (χ3n) is 4.79. The van der Waals surface area contributed by atoms with Gasteiger partial charge in [0.15, 0.2) is 0 Å². The lowest BCUT2D eigenvalue weighted by Crippen LogP contribution is -2.51. The minimum absolute atomic E-state index is 0.277. The lowest BCUT2D eigenvalue weighted by molar-refractivity contribution is -0.192. The molecule has 28 heavy (non-hydrogen) atoms. The van der Waals surface area contributed by atoms with Crippen molar-refractivity contribution in [1.29, 1.82) is 0 Å². The van der Waals surface area contributed by atoms with Crippen LogP contribution in [-0.2, 0) is 11.3 Å². The van der Waals surface area contributed by atoms with E-state index in [9.17, 15) is 18.3 Å². The predicted octanol–water partition coefficient (Wildman–Crippen LogP) is 2.97. The summed E-state index contributed by atoms with van der Waals surface area (Å²) in [5.74, 6) is -2.76. The summed E-state index contributed by atoms with van der Waals surface area (Å²) < 4.78 is 31.7. The Hall–Kier alpha value is -2.16. The first kappa shape index (κ1) is 22.1. The molecule has 1 heterocycles. The van der Waals surface area contributed by atoms with Crippen LogP contribution in [0.15, 0.2) is 42.5 Å². The summed E-state index contributed by atoms with van der Waals surface area (Å²) in [4.78, 5) is 13.8. The normalized spacial score (nSPS) is 18.5. The van der Waals surface area contributed by atoms with Crippen LogP contribution in [0.2, 0.25) is 0 Å². The standard InChI is InChI=1S/C18H24N2O.C2HF3O2/c1-19-9-10-20(14-18(19)8-11-21)13-15-6-7-16-4-2-3-5-17(16)12-15;3-2(4,5)1(6)7/h2-7,12,18,21H,8-11,13-14H2,1H3;(H,6,7). The van der Waals surface area contributed by atoms with Crippen LogP contribution >= 0.6 is 0 Å². The number of hydrogen-bond donors (Lipinski definition) is 2. The molecule has 0 amide bonds. The van der Waals surface area contributed by atoms with Gasteiger partial charge in [0.25, 0.3) is 0 Å². The Bertz CT molecular complexity index is 783. The molecule has 1 fully saturated rings. The van der Waals surface area contributed by atoms with Crippen LogP contribution in [0.25, 0.3) is 10.8 Å². The number of aliphatic hydroxyl groups excluding tert-OH is 1. The van der Waals surface area contributed by atoms with Gasteiger partial charge in [0, 0.05) is 38.8 Å². The van der Waals surface area contributed by atoms with Gasteiger partial charge in [-0.15, -0.1) is 0 Å². The average Bonchev–Trinajstić information content (AvgIpc) is 2.64. The molecule has 1 aliphatic rings. The Balaban J connectivity index is 0.000000345. The summed E-state index contributed by atoms with van der Waals surface area (Å²) in [5, 5.41) is 18.9. The van der Waals surface area contributed by atoms with Gasteiger partial charge >= 0.3 is 12.1 Å². The number of piperazine rings is 1. The van der Waals surface area contributed by atoms with Gasteiger partial charge in [-0.05, 0) is 35.9 Å². The van der Waals surface area contributed by atoms with Crippen LogP contribution in [0.1, 0.15) is 12.0 Å². The third-order valence-corrected chi connectivity index (χ3v) is 4.79. The molecule has 1 unspecified atom stereocenters. The molecule has 0 aromatic heterocycles. The second-order valence-electron chi connectivity index (χ2n) is 6.87. The van der Waals surface area contributed by atoms with Crippen molar-refractivity contribution in [3.8, 4) is 0 Å². The molecule has 1 atom stereocenters. The quantitative estimate of drug-likeness (QED) is 0.829. The fourth-order valence-corrected chi connectivity index (χ4v) is 3.21. The molecule has 3 rings (SSSR count). The number of carboxylic acid groups (broad SMARTS) is 1. The summed E-state index contributed by atoms with van der Waals surface area (Å²) in [6.45, 7) is 4.51. The molecule has 5 nitrogen and oxygen atoms in total. The van der Waals surface area contributed by atoms with Crippen molar-refractivity contribution in [2.45, 2.75) is 25.2 Å². The number of aliphatic carboxylic acids is 1. The number of halogens is 3. The zero-order chi connectivity index (χ0) is 20.7. The number of hydrogen-bond acceptors (Lipinski definition) is 4. The van der Waals surface area contributed by atoms with E-state index in [0.29, 0.717) is 6.04 Å². The highest BCUT2D eigenvalue weighted by atomic mass is 19.4. The molecule has 8 heteroatoms. The van der Waals surface area contributed by atoms with E-state index in [0.717, 1.165) is 32.6 Å². The van der Waals surface area contributed by atoms with E-state index in [1.807, 2.05) is 0 Å².